The highest BCUT2D eigenvalue weighted by atomic mass is 16.5. The second-order valence-electron chi connectivity index (χ2n) is 7.38. The Morgan fingerprint density at radius 3 is 2.47 bits per heavy atom. The number of pyridine rings is 1. The van der Waals surface area contributed by atoms with Crippen molar-refractivity contribution in [1.29, 1.82) is 0 Å². The molecular weight excluding hydrogens is 380 g/mol. The van der Waals surface area contributed by atoms with Gasteiger partial charge in [-0.15, -0.1) is 0 Å². The molecule has 30 heavy (non-hydrogen) atoms. The smallest absolute Gasteiger partial charge is 0.272 e. The van der Waals surface area contributed by atoms with Crippen molar-refractivity contribution in [2.24, 2.45) is 0 Å². The second kappa shape index (κ2) is 11.4. The van der Waals surface area contributed by atoms with Crippen LogP contribution < -0.4 is 5.32 Å². The van der Waals surface area contributed by atoms with Gasteiger partial charge in [0.25, 0.3) is 5.91 Å². The number of carbonyl (C=O) groups excluding carboxylic acids is 2. The highest BCUT2D eigenvalue weighted by molar-refractivity contribution is 5.92. The molecule has 0 unspecified atom stereocenters. The molecule has 1 N–H and O–H groups in total. The summed E-state index contributed by atoms with van der Waals surface area (Å²) in [5, 5.41) is 3.01. The van der Waals surface area contributed by atoms with Crippen LogP contribution in [0.4, 0.5) is 0 Å². The van der Waals surface area contributed by atoms with E-state index in [1.165, 1.54) is 0 Å². The van der Waals surface area contributed by atoms with Crippen LogP contribution in [0.2, 0.25) is 0 Å². The van der Waals surface area contributed by atoms with Crippen molar-refractivity contribution in [3.05, 3.63) is 65.5 Å². The van der Waals surface area contributed by atoms with Crippen LogP contribution in [0, 0.1) is 0 Å². The van der Waals surface area contributed by atoms with Crippen molar-refractivity contribution >= 4 is 11.8 Å². The van der Waals surface area contributed by atoms with Crippen molar-refractivity contribution in [2.45, 2.75) is 26.5 Å². The Bertz CT molecular complexity index is 820. The molecule has 0 saturated carbocycles. The number of ether oxygens (including phenoxy) is 1. The highest BCUT2D eigenvalue weighted by Crippen LogP contribution is 2.11. The van der Waals surface area contributed by atoms with Crippen LogP contribution in [0.15, 0.2) is 48.7 Å². The summed E-state index contributed by atoms with van der Waals surface area (Å²) < 4.78 is 5.64. The van der Waals surface area contributed by atoms with Gasteiger partial charge in [0.1, 0.15) is 5.69 Å². The van der Waals surface area contributed by atoms with Gasteiger partial charge in [-0.3, -0.25) is 19.5 Å². The SMILES string of the molecule is CCCOCc1ccccc1CNC(=O)CN1CCN(C(=O)c2ccccn2)CC1. The molecule has 0 radical (unpaired) electrons. The largest absolute Gasteiger partial charge is 0.377 e. The van der Waals surface area contributed by atoms with E-state index in [1.807, 2.05) is 30.3 Å². The summed E-state index contributed by atoms with van der Waals surface area (Å²) >= 11 is 0. The second-order valence-corrected chi connectivity index (χ2v) is 7.38. The van der Waals surface area contributed by atoms with Gasteiger partial charge in [-0.25, -0.2) is 0 Å². The molecule has 0 spiro atoms. The molecule has 3 rings (SSSR count). The van der Waals surface area contributed by atoms with Crippen molar-refractivity contribution < 1.29 is 14.3 Å². The third-order valence-corrected chi connectivity index (χ3v) is 5.11. The zero-order valence-electron chi connectivity index (χ0n) is 17.5. The summed E-state index contributed by atoms with van der Waals surface area (Å²) in [5.41, 5.74) is 2.64. The van der Waals surface area contributed by atoms with E-state index in [2.05, 4.69) is 22.1 Å². The molecule has 0 atom stereocenters. The molecule has 7 nitrogen and oxygen atoms in total. The molecular formula is C23H30N4O3. The van der Waals surface area contributed by atoms with Gasteiger partial charge < -0.3 is 15.0 Å². The van der Waals surface area contributed by atoms with E-state index < -0.39 is 0 Å². The predicted octanol–water partition coefficient (Wildman–Crippen LogP) is 2.08. The summed E-state index contributed by atoms with van der Waals surface area (Å²) in [5.74, 6) is -0.0645. The van der Waals surface area contributed by atoms with Crippen LogP contribution in [-0.2, 0) is 22.7 Å². The monoisotopic (exact) mass is 410 g/mol. The zero-order chi connectivity index (χ0) is 21.2. The average molecular weight is 411 g/mol. The van der Waals surface area contributed by atoms with Gasteiger partial charge in [0.15, 0.2) is 0 Å². The van der Waals surface area contributed by atoms with Gasteiger partial charge in [-0.2, -0.15) is 0 Å². The number of aromatic nitrogens is 1. The van der Waals surface area contributed by atoms with Gasteiger partial charge in [0, 0.05) is 45.5 Å². The first-order chi connectivity index (χ1) is 14.7. The molecule has 1 saturated heterocycles. The minimum Gasteiger partial charge on any atom is -0.377 e. The topological polar surface area (TPSA) is 74.8 Å². The molecule has 0 aliphatic carbocycles. The minimum atomic E-state index is -0.0541. The maximum atomic E-state index is 12.5. The van der Waals surface area contributed by atoms with E-state index in [0.29, 0.717) is 51.6 Å². The number of nitrogens with one attached hydrogen (secondary N) is 1. The van der Waals surface area contributed by atoms with Crippen molar-refractivity contribution in [3.63, 3.8) is 0 Å². The first-order valence-corrected chi connectivity index (χ1v) is 10.5. The Hall–Kier alpha value is -2.77. The maximum Gasteiger partial charge on any atom is 0.272 e. The van der Waals surface area contributed by atoms with E-state index in [1.54, 1.807) is 23.2 Å². The van der Waals surface area contributed by atoms with Crippen molar-refractivity contribution in [1.82, 2.24) is 20.1 Å². The molecule has 1 aliphatic heterocycles. The predicted molar refractivity (Wildman–Crippen MR) is 115 cm³/mol. The molecule has 0 bridgehead atoms. The van der Waals surface area contributed by atoms with Gasteiger partial charge in [-0.05, 0) is 29.7 Å². The fraction of sp³-hybridized carbons (Fsp3) is 0.435. The number of rotatable bonds is 9. The van der Waals surface area contributed by atoms with E-state index in [9.17, 15) is 9.59 Å². The average Bonchev–Trinajstić information content (AvgIpc) is 2.79. The lowest BCUT2D eigenvalue weighted by Gasteiger charge is -2.34. The summed E-state index contributed by atoms with van der Waals surface area (Å²) in [6.45, 7) is 6.74. The Morgan fingerprint density at radius 2 is 1.77 bits per heavy atom. The van der Waals surface area contributed by atoms with Crippen LogP contribution in [-0.4, -0.2) is 65.9 Å². The molecule has 7 heteroatoms. The van der Waals surface area contributed by atoms with Crippen LogP contribution in [0.25, 0.3) is 0 Å². The number of hydrogen-bond acceptors (Lipinski definition) is 5. The maximum absolute atomic E-state index is 12.5. The number of hydrogen-bond donors (Lipinski definition) is 1. The Morgan fingerprint density at radius 1 is 1.03 bits per heavy atom. The van der Waals surface area contributed by atoms with Crippen molar-refractivity contribution in [2.75, 3.05) is 39.3 Å². The van der Waals surface area contributed by atoms with Gasteiger partial charge in [0.05, 0.1) is 13.2 Å². The van der Waals surface area contributed by atoms with Crippen molar-refractivity contribution in [3.8, 4) is 0 Å². The van der Waals surface area contributed by atoms with E-state index in [-0.39, 0.29) is 11.8 Å². The van der Waals surface area contributed by atoms with Gasteiger partial charge in [0.2, 0.25) is 5.91 Å². The molecule has 1 aromatic heterocycles. The number of amides is 2. The number of benzene rings is 1. The molecule has 1 fully saturated rings. The normalized spacial score (nSPS) is 14.5. The van der Waals surface area contributed by atoms with E-state index in [4.69, 9.17) is 4.74 Å². The lowest BCUT2D eigenvalue weighted by Crippen LogP contribution is -2.51. The molecule has 160 valence electrons. The number of piperazine rings is 1. The molecule has 2 aromatic rings. The minimum absolute atomic E-state index is 0.0104. The third kappa shape index (κ3) is 6.37. The highest BCUT2D eigenvalue weighted by Gasteiger charge is 2.23. The first kappa shape index (κ1) is 21.9. The Kier molecular flexibility index (Phi) is 8.35. The van der Waals surface area contributed by atoms with Crippen LogP contribution in [0.5, 0.6) is 0 Å². The van der Waals surface area contributed by atoms with E-state index >= 15 is 0 Å². The molecule has 2 heterocycles. The fourth-order valence-electron chi connectivity index (χ4n) is 3.41. The van der Waals surface area contributed by atoms with Crippen LogP contribution in [0.3, 0.4) is 0 Å². The summed E-state index contributed by atoms with van der Waals surface area (Å²) in [6, 6.07) is 13.4. The summed E-state index contributed by atoms with van der Waals surface area (Å²) in [7, 11) is 0. The number of carbonyl (C=O) groups is 2. The van der Waals surface area contributed by atoms with Crippen LogP contribution >= 0.6 is 0 Å². The van der Waals surface area contributed by atoms with Gasteiger partial charge in [-0.1, -0.05) is 37.3 Å². The van der Waals surface area contributed by atoms with Gasteiger partial charge >= 0.3 is 0 Å². The lowest BCUT2D eigenvalue weighted by atomic mass is 10.1. The van der Waals surface area contributed by atoms with E-state index in [0.717, 1.165) is 24.2 Å². The third-order valence-electron chi connectivity index (χ3n) is 5.11. The Balaban J connectivity index is 1.42. The Labute approximate surface area is 178 Å². The quantitative estimate of drug-likeness (QED) is 0.641. The first-order valence-electron chi connectivity index (χ1n) is 10.5. The lowest BCUT2D eigenvalue weighted by molar-refractivity contribution is -0.122. The number of nitrogens with zero attached hydrogens (tertiary/aromatic N) is 3. The standard InChI is InChI=1S/C23H30N4O3/c1-2-15-30-18-20-8-4-3-7-19(20)16-25-22(28)17-26-11-13-27(14-12-26)23(29)21-9-5-6-10-24-21/h3-10H,2,11-18H2,1H3,(H,25,28). The molecule has 2 amide bonds. The fourth-order valence-corrected chi connectivity index (χ4v) is 3.41. The molecule has 1 aliphatic rings. The summed E-state index contributed by atoms with van der Waals surface area (Å²) in [6.07, 6.45) is 2.61. The summed E-state index contributed by atoms with van der Waals surface area (Å²) in [4.78, 5) is 32.9. The van der Waals surface area contributed by atoms with Crippen LogP contribution in [0.1, 0.15) is 35.0 Å². The molecule has 1 aromatic carbocycles. The zero-order valence-corrected chi connectivity index (χ0v) is 17.5.